The van der Waals surface area contributed by atoms with E-state index in [0.29, 0.717) is 39.4 Å². The average molecular weight is 682 g/mol. The molecular formula is C44H43NO6. The molecule has 0 bridgehead atoms. The first-order chi connectivity index (χ1) is 24.2. The van der Waals surface area contributed by atoms with Gasteiger partial charge in [0, 0.05) is 22.5 Å². The number of fused-ring (bicyclic) bond motifs is 1. The molecule has 0 atom stereocenters. The number of rotatable bonds is 9. The summed E-state index contributed by atoms with van der Waals surface area (Å²) in [6, 6.07) is 33.7. The molecule has 0 aliphatic carbocycles. The van der Waals surface area contributed by atoms with E-state index in [-0.39, 0.29) is 34.7 Å². The summed E-state index contributed by atoms with van der Waals surface area (Å²) in [6.07, 6.45) is 0. The molecule has 1 aliphatic heterocycles. The van der Waals surface area contributed by atoms with E-state index in [4.69, 9.17) is 9.47 Å². The summed E-state index contributed by atoms with van der Waals surface area (Å²) in [5.41, 5.74) is 6.47. The number of ketones is 2. The number of aryl methyl sites for hydroxylation is 2. The van der Waals surface area contributed by atoms with Gasteiger partial charge in [0.15, 0.2) is 11.6 Å². The molecule has 0 radical (unpaired) electrons. The first-order valence-corrected chi connectivity index (χ1v) is 16.9. The molecule has 1 aliphatic rings. The predicted molar refractivity (Wildman–Crippen MR) is 201 cm³/mol. The maximum absolute atomic E-state index is 13.1. The van der Waals surface area contributed by atoms with Gasteiger partial charge in [-0.1, -0.05) is 81.8 Å². The Bertz CT molecular complexity index is 2110. The lowest BCUT2D eigenvalue weighted by Crippen LogP contribution is -2.29. The summed E-state index contributed by atoms with van der Waals surface area (Å²) in [7, 11) is 1.66. The SMILES string of the molecule is CC(=O)c1ccc(C)cc1C(=O)C(C)C.COc1ccc(C(C)(C)c2ccc(Oc3ccc4c(c3)C(=O)N(c3cccc(C)c3)C4=O)cc2)cc1. The summed E-state index contributed by atoms with van der Waals surface area (Å²) in [6.45, 7) is 13.4. The predicted octanol–water partition coefficient (Wildman–Crippen LogP) is 9.96. The first kappa shape index (κ1) is 36.5. The number of nitrogens with zero attached hydrogens (tertiary/aromatic N) is 1. The van der Waals surface area contributed by atoms with Crippen LogP contribution in [0.4, 0.5) is 5.69 Å². The molecule has 7 heteroatoms. The maximum Gasteiger partial charge on any atom is 0.266 e. The van der Waals surface area contributed by atoms with Gasteiger partial charge < -0.3 is 9.47 Å². The minimum Gasteiger partial charge on any atom is -0.497 e. The number of hydrogen-bond acceptors (Lipinski definition) is 6. The Morgan fingerprint density at radius 1 is 0.647 bits per heavy atom. The van der Waals surface area contributed by atoms with Crippen molar-refractivity contribution in [3.05, 3.63) is 154 Å². The number of imide groups is 1. The molecule has 5 aromatic carbocycles. The van der Waals surface area contributed by atoms with Crippen LogP contribution in [0, 0.1) is 19.8 Å². The number of carbonyl (C=O) groups excluding carboxylic acids is 4. The van der Waals surface area contributed by atoms with Crippen LogP contribution in [0.2, 0.25) is 0 Å². The molecule has 6 rings (SSSR count). The zero-order valence-corrected chi connectivity index (χ0v) is 30.4. The molecule has 0 aromatic heterocycles. The molecule has 0 spiro atoms. The number of Topliss-reactive ketones (excluding diaryl/α,β-unsaturated/α-hetero) is 2. The summed E-state index contributed by atoms with van der Waals surface area (Å²) in [5, 5.41) is 0. The van der Waals surface area contributed by atoms with Gasteiger partial charge in [-0.05, 0) is 98.1 Å². The normalized spacial score (nSPS) is 12.3. The van der Waals surface area contributed by atoms with E-state index >= 15 is 0 Å². The number of ether oxygens (including phenoxy) is 2. The third-order valence-corrected chi connectivity index (χ3v) is 9.09. The van der Waals surface area contributed by atoms with Crippen LogP contribution in [0.1, 0.15) is 98.3 Å². The fourth-order valence-corrected chi connectivity index (χ4v) is 6.02. The van der Waals surface area contributed by atoms with E-state index in [1.165, 1.54) is 17.4 Å². The summed E-state index contributed by atoms with van der Waals surface area (Å²) in [5.74, 6) is 1.21. The van der Waals surface area contributed by atoms with Gasteiger partial charge in [0.25, 0.3) is 11.8 Å². The van der Waals surface area contributed by atoms with Crippen LogP contribution < -0.4 is 14.4 Å². The summed E-state index contributed by atoms with van der Waals surface area (Å²) in [4.78, 5) is 50.5. The smallest absolute Gasteiger partial charge is 0.266 e. The molecule has 0 N–H and O–H groups in total. The van der Waals surface area contributed by atoms with Gasteiger partial charge in [0.1, 0.15) is 17.2 Å². The minimum absolute atomic E-state index is 0.0314. The molecule has 260 valence electrons. The first-order valence-electron chi connectivity index (χ1n) is 16.9. The number of benzene rings is 5. The topological polar surface area (TPSA) is 90.0 Å². The van der Waals surface area contributed by atoms with Crippen molar-refractivity contribution in [3.63, 3.8) is 0 Å². The molecule has 0 unspecified atom stereocenters. The fraction of sp³-hybridized carbons (Fsp3) is 0.227. The van der Waals surface area contributed by atoms with Crippen molar-refractivity contribution in [2.75, 3.05) is 12.0 Å². The highest BCUT2D eigenvalue weighted by Gasteiger charge is 2.37. The lowest BCUT2D eigenvalue weighted by atomic mass is 9.78. The van der Waals surface area contributed by atoms with Gasteiger partial charge in [-0.3, -0.25) is 19.2 Å². The van der Waals surface area contributed by atoms with Crippen molar-refractivity contribution >= 4 is 29.1 Å². The zero-order chi connectivity index (χ0) is 37.0. The lowest BCUT2D eigenvalue weighted by molar-refractivity contribution is 0.0919. The molecular weight excluding hydrogens is 638 g/mol. The van der Waals surface area contributed by atoms with Crippen LogP contribution in [-0.2, 0) is 5.41 Å². The molecule has 2 amide bonds. The van der Waals surface area contributed by atoms with Crippen molar-refractivity contribution in [3.8, 4) is 17.2 Å². The highest BCUT2D eigenvalue weighted by atomic mass is 16.5. The Kier molecular flexibility index (Phi) is 10.7. The third kappa shape index (κ3) is 7.83. The molecule has 0 saturated heterocycles. The minimum atomic E-state index is -0.345. The molecule has 7 nitrogen and oxygen atoms in total. The van der Waals surface area contributed by atoms with E-state index < -0.39 is 0 Å². The quantitative estimate of drug-likeness (QED) is 0.114. The van der Waals surface area contributed by atoms with Gasteiger partial charge in [-0.2, -0.15) is 0 Å². The number of amides is 2. The molecule has 0 saturated carbocycles. The Morgan fingerprint density at radius 3 is 1.78 bits per heavy atom. The number of methoxy groups -OCH3 is 1. The number of carbonyl (C=O) groups is 4. The van der Waals surface area contributed by atoms with Gasteiger partial charge in [-0.25, -0.2) is 4.90 Å². The van der Waals surface area contributed by atoms with Crippen LogP contribution in [0.15, 0.2) is 109 Å². The highest BCUT2D eigenvalue weighted by Crippen LogP contribution is 2.36. The van der Waals surface area contributed by atoms with Crippen LogP contribution in [-0.4, -0.2) is 30.5 Å². The van der Waals surface area contributed by atoms with Gasteiger partial charge in [0.2, 0.25) is 0 Å². The van der Waals surface area contributed by atoms with Gasteiger partial charge in [0.05, 0.1) is 23.9 Å². The Labute approximate surface area is 299 Å². The average Bonchev–Trinajstić information content (AvgIpc) is 3.36. The van der Waals surface area contributed by atoms with Crippen molar-refractivity contribution < 1.29 is 28.7 Å². The summed E-state index contributed by atoms with van der Waals surface area (Å²) >= 11 is 0. The standard InChI is InChI=1S/C31H27NO4.C13H16O2/c1-20-6-5-7-23(18-20)32-29(33)27-17-16-26(19-28(27)30(32)34)36-25-14-10-22(11-15-25)31(2,3)21-8-12-24(35-4)13-9-21;1-8(2)13(15)12-7-9(3)5-6-11(12)10(4)14/h5-19H,1-4H3;5-8H,1-4H3. The Morgan fingerprint density at radius 2 is 1.22 bits per heavy atom. The van der Waals surface area contributed by atoms with Crippen LogP contribution in [0.5, 0.6) is 17.2 Å². The maximum atomic E-state index is 13.1. The molecule has 0 fully saturated rings. The van der Waals surface area contributed by atoms with Crippen molar-refractivity contribution in [2.24, 2.45) is 5.92 Å². The second-order valence-electron chi connectivity index (χ2n) is 13.6. The second-order valence-corrected chi connectivity index (χ2v) is 13.6. The fourth-order valence-electron chi connectivity index (χ4n) is 6.02. The van der Waals surface area contributed by atoms with Gasteiger partial charge in [-0.15, -0.1) is 0 Å². The Balaban J connectivity index is 0.000000283. The lowest BCUT2D eigenvalue weighted by Gasteiger charge is -2.26. The largest absolute Gasteiger partial charge is 0.497 e. The van der Waals surface area contributed by atoms with Crippen molar-refractivity contribution in [1.82, 2.24) is 0 Å². The van der Waals surface area contributed by atoms with Crippen LogP contribution in [0.3, 0.4) is 0 Å². The summed E-state index contributed by atoms with van der Waals surface area (Å²) < 4.78 is 11.3. The van der Waals surface area contributed by atoms with E-state index in [9.17, 15) is 19.2 Å². The number of hydrogen-bond donors (Lipinski definition) is 0. The number of anilines is 1. The second kappa shape index (κ2) is 15.0. The van der Waals surface area contributed by atoms with Gasteiger partial charge >= 0.3 is 0 Å². The van der Waals surface area contributed by atoms with E-state index in [1.807, 2.05) is 88.4 Å². The zero-order valence-electron chi connectivity index (χ0n) is 30.4. The van der Waals surface area contributed by atoms with Crippen molar-refractivity contribution in [2.45, 2.75) is 53.9 Å². The monoisotopic (exact) mass is 681 g/mol. The third-order valence-electron chi connectivity index (χ3n) is 9.09. The van der Waals surface area contributed by atoms with E-state index in [2.05, 4.69) is 26.0 Å². The molecule has 1 heterocycles. The van der Waals surface area contributed by atoms with E-state index in [1.54, 1.807) is 43.5 Å². The molecule has 5 aromatic rings. The van der Waals surface area contributed by atoms with Crippen LogP contribution in [0.25, 0.3) is 0 Å². The molecule has 51 heavy (non-hydrogen) atoms. The van der Waals surface area contributed by atoms with Crippen LogP contribution >= 0.6 is 0 Å². The highest BCUT2D eigenvalue weighted by molar-refractivity contribution is 6.34. The Hall–Kier alpha value is -5.82. The van der Waals surface area contributed by atoms with E-state index in [0.717, 1.165) is 22.4 Å². The van der Waals surface area contributed by atoms with Crippen molar-refractivity contribution in [1.29, 1.82) is 0 Å².